The number of nitrogens with one attached hydrogen (secondary N) is 4. The number of piperazine rings is 3. The molecule has 0 radical (unpaired) electrons. The van der Waals surface area contributed by atoms with Crippen molar-refractivity contribution in [3.63, 3.8) is 0 Å². The van der Waals surface area contributed by atoms with Gasteiger partial charge in [-0.25, -0.2) is 4.98 Å². The smallest absolute Gasteiger partial charge is 0.229 e. The van der Waals surface area contributed by atoms with E-state index < -0.39 is 7.14 Å². The van der Waals surface area contributed by atoms with Gasteiger partial charge >= 0.3 is 0 Å². The zero-order valence-electron chi connectivity index (χ0n) is 45.4. The van der Waals surface area contributed by atoms with Crippen LogP contribution in [0.3, 0.4) is 0 Å². The number of anilines is 5. The molecule has 0 saturated carbocycles. The van der Waals surface area contributed by atoms with Crippen LogP contribution < -0.4 is 36.2 Å². The molecule has 7 heterocycles. The molecule has 0 unspecified atom stereocenters. The van der Waals surface area contributed by atoms with Crippen molar-refractivity contribution in [2.24, 2.45) is 0 Å². The molecule has 18 heteroatoms. The van der Waals surface area contributed by atoms with Gasteiger partial charge in [-0.2, -0.15) is 4.98 Å². The summed E-state index contributed by atoms with van der Waals surface area (Å²) in [6.07, 6.45) is 8.06. The largest absolute Gasteiger partial charge is 0.494 e. The first-order chi connectivity index (χ1) is 35.8. The Balaban J connectivity index is 0.000000188. The van der Waals surface area contributed by atoms with Crippen molar-refractivity contribution in [2.75, 3.05) is 175 Å². The van der Waals surface area contributed by atoms with E-state index in [1.54, 1.807) is 26.6 Å². The third-order valence-electron chi connectivity index (χ3n) is 15.2. The molecular weight excluding hydrogens is 969 g/mol. The summed E-state index contributed by atoms with van der Waals surface area (Å²) in [6.45, 7) is 25.3. The Bertz CT molecular complexity index is 2330. The van der Waals surface area contributed by atoms with Crippen molar-refractivity contribution in [3.05, 3.63) is 89.6 Å². The number of piperidine rings is 3. The topological polar surface area (TPSA) is 140 Å². The van der Waals surface area contributed by atoms with Gasteiger partial charge in [0.15, 0.2) is 5.82 Å². The molecule has 6 fully saturated rings. The van der Waals surface area contributed by atoms with Crippen molar-refractivity contribution in [1.82, 2.24) is 50.0 Å². The summed E-state index contributed by atoms with van der Waals surface area (Å²) >= 11 is 6.43. The standard InChI is InChI=1S/C29H39ClN7O2P.C12H15NO.C10H21N3.C5H12N2/c1-35-15-17-37(18-16-35)21-11-13-36(14-12-21)22-9-10-24(26(19-22)39-2)33-29-31-20-23(30)28(34-29)32-25-7-5-6-8-27(25)40(3,4)38;14-12-6-8-13(9-7-12)10-11-4-2-1-3-5-11;1-12-6-8-13(9-7-12)10-2-4-11-5-3-10;1-7-4-2-6-3-5-7/h5-10,19-21H,11-18H2,1-4H3,(H2,31,32,33,34);1-5H,6-10H2;10-11H,2-9H2,1H3;6H,2-5H2,1H3. The molecule has 4 aromatic rings. The lowest BCUT2D eigenvalue weighted by molar-refractivity contribution is -0.121. The number of Topliss-reactive ketones (excluding diaryl/α,β-unsaturated/α-hetero) is 1. The minimum atomic E-state index is -2.50. The maximum absolute atomic E-state index is 12.8. The van der Waals surface area contributed by atoms with Crippen molar-refractivity contribution >= 4 is 58.7 Å². The normalized spacial score (nSPS) is 20.5. The average Bonchev–Trinajstić information content (AvgIpc) is 3.42. The van der Waals surface area contributed by atoms with Gasteiger partial charge in [-0.15, -0.1) is 0 Å². The van der Waals surface area contributed by atoms with E-state index in [0.717, 1.165) is 100 Å². The fraction of sp³-hybridized carbons (Fsp3) is 0.589. The van der Waals surface area contributed by atoms with Gasteiger partial charge in [0.2, 0.25) is 5.95 Å². The van der Waals surface area contributed by atoms with E-state index >= 15 is 0 Å². The van der Waals surface area contributed by atoms with Crippen LogP contribution in [0.15, 0.2) is 79.0 Å². The van der Waals surface area contributed by atoms with Crippen LogP contribution in [0.2, 0.25) is 5.02 Å². The Morgan fingerprint density at radius 1 is 0.662 bits per heavy atom. The summed E-state index contributed by atoms with van der Waals surface area (Å²) in [4.78, 5) is 37.3. The molecule has 6 aliphatic heterocycles. The lowest BCUT2D eigenvalue weighted by Gasteiger charge is -2.42. The molecule has 1 aromatic heterocycles. The molecule has 6 aliphatic rings. The predicted molar refractivity (Wildman–Crippen MR) is 308 cm³/mol. The molecule has 6 saturated heterocycles. The first-order valence-corrected chi connectivity index (χ1v) is 30.2. The zero-order valence-corrected chi connectivity index (χ0v) is 47.1. The van der Waals surface area contributed by atoms with Crippen LogP contribution in [0.4, 0.5) is 28.8 Å². The zero-order chi connectivity index (χ0) is 52.3. The van der Waals surface area contributed by atoms with Crippen LogP contribution in [0.1, 0.15) is 44.1 Å². The number of likely N-dealkylation sites (tertiary alicyclic amines) is 1. The SMILES string of the molecule is CN1CCN(C2CCNCC2)CC1.CN1CCNCC1.COc1cc(N2CCC(N3CCN(C)CC3)CC2)ccc1Nc1ncc(Cl)c(Nc2ccccc2P(C)(C)=O)n1.O=C1CCN(Cc2ccccc2)CC1. The van der Waals surface area contributed by atoms with Gasteiger partial charge in [-0.1, -0.05) is 54.1 Å². The van der Waals surface area contributed by atoms with Gasteiger partial charge < -0.3 is 50.2 Å². The van der Waals surface area contributed by atoms with Crippen LogP contribution in [0, 0.1) is 0 Å². The molecule has 0 spiro atoms. The Labute approximate surface area is 448 Å². The number of carbonyl (C=O) groups excluding carboxylic acids is 1. The fourth-order valence-electron chi connectivity index (χ4n) is 10.4. The minimum absolute atomic E-state index is 0.365. The van der Waals surface area contributed by atoms with Crippen molar-refractivity contribution in [1.29, 1.82) is 0 Å². The molecular formula is C56H87ClN13O3P. The van der Waals surface area contributed by atoms with E-state index in [9.17, 15) is 9.36 Å². The first kappa shape index (κ1) is 57.5. The number of halogens is 1. The van der Waals surface area contributed by atoms with Gasteiger partial charge in [0.25, 0.3) is 0 Å². The monoisotopic (exact) mass is 1060 g/mol. The molecule has 0 bridgehead atoms. The summed E-state index contributed by atoms with van der Waals surface area (Å²) in [5.41, 5.74) is 3.96. The number of para-hydroxylation sites is 1. The summed E-state index contributed by atoms with van der Waals surface area (Å²) in [7, 11) is 5.75. The minimum Gasteiger partial charge on any atom is -0.494 e. The molecule has 3 aromatic carbocycles. The van der Waals surface area contributed by atoms with E-state index in [4.69, 9.17) is 16.3 Å². The molecule has 16 nitrogen and oxygen atoms in total. The number of hydrogen-bond donors (Lipinski definition) is 4. The lowest BCUT2D eigenvalue weighted by atomic mass is 10.0. The number of hydrogen-bond acceptors (Lipinski definition) is 16. The third kappa shape index (κ3) is 18.2. The van der Waals surface area contributed by atoms with Crippen molar-refractivity contribution in [3.8, 4) is 5.75 Å². The molecule has 0 aliphatic carbocycles. The maximum atomic E-state index is 12.8. The van der Waals surface area contributed by atoms with Crippen LogP contribution >= 0.6 is 18.7 Å². The van der Waals surface area contributed by atoms with Gasteiger partial charge in [0, 0.05) is 153 Å². The number of aromatic nitrogens is 2. The number of methoxy groups -OCH3 is 1. The second kappa shape index (κ2) is 29.4. The number of benzene rings is 3. The van der Waals surface area contributed by atoms with Crippen LogP contribution in [-0.2, 0) is 15.9 Å². The molecule has 406 valence electrons. The summed E-state index contributed by atoms with van der Waals surface area (Å²) in [5.74, 6) is 1.93. The number of ether oxygens (including phenoxy) is 1. The number of nitrogens with zero attached hydrogens (tertiary/aromatic N) is 9. The van der Waals surface area contributed by atoms with Gasteiger partial charge in [0.05, 0.1) is 24.7 Å². The molecule has 0 amide bonds. The highest BCUT2D eigenvalue weighted by atomic mass is 35.5. The number of likely N-dealkylation sites (N-methyl/N-ethyl adjacent to an activating group) is 3. The molecule has 0 atom stereocenters. The number of rotatable bonds is 11. The van der Waals surface area contributed by atoms with E-state index in [2.05, 4.69) is 123 Å². The highest BCUT2D eigenvalue weighted by Gasteiger charge is 2.28. The number of ketones is 1. The molecule has 10 rings (SSSR count). The van der Waals surface area contributed by atoms with Crippen molar-refractivity contribution < 1.29 is 14.1 Å². The van der Waals surface area contributed by atoms with Gasteiger partial charge in [0.1, 0.15) is 23.7 Å². The van der Waals surface area contributed by atoms with Gasteiger partial charge in [-0.3, -0.25) is 19.5 Å². The van der Waals surface area contributed by atoms with E-state index in [1.807, 2.05) is 36.4 Å². The van der Waals surface area contributed by atoms with Crippen LogP contribution in [0.5, 0.6) is 5.75 Å². The second-order valence-electron chi connectivity index (χ2n) is 21.1. The average molecular weight is 1060 g/mol. The van der Waals surface area contributed by atoms with E-state index in [-0.39, 0.29) is 0 Å². The maximum Gasteiger partial charge on any atom is 0.229 e. The highest BCUT2D eigenvalue weighted by molar-refractivity contribution is 7.70. The summed E-state index contributed by atoms with van der Waals surface area (Å²) < 4.78 is 18.5. The van der Waals surface area contributed by atoms with Gasteiger partial charge in [-0.05, 0) is 103 Å². The third-order valence-corrected chi connectivity index (χ3v) is 17.0. The first-order valence-electron chi connectivity index (χ1n) is 27.2. The molecule has 74 heavy (non-hydrogen) atoms. The Hall–Kier alpha value is -4.19. The van der Waals surface area contributed by atoms with Crippen molar-refractivity contribution in [2.45, 2.75) is 57.2 Å². The number of carbonyl (C=O) groups is 1. The van der Waals surface area contributed by atoms with E-state index in [0.29, 0.717) is 34.3 Å². The predicted octanol–water partition coefficient (Wildman–Crippen LogP) is 6.45. The summed E-state index contributed by atoms with van der Waals surface area (Å²) in [6, 6.07) is 25.7. The fourth-order valence-corrected chi connectivity index (χ4v) is 11.7. The van der Waals surface area contributed by atoms with Crippen LogP contribution in [0.25, 0.3) is 0 Å². The Morgan fingerprint density at radius 3 is 1.81 bits per heavy atom. The molecule has 4 N–H and O–H groups in total. The quantitative estimate of drug-likeness (QED) is 0.122. The van der Waals surface area contributed by atoms with Crippen LogP contribution in [-0.4, -0.2) is 217 Å². The highest BCUT2D eigenvalue weighted by Crippen LogP contribution is 2.39. The van der Waals surface area contributed by atoms with E-state index in [1.165, 1.54) is 96.7 Å². The second-order valence-corrected chi connectivity index (χ2v) is 24.7. The Kier molecular flexibility index (Phi) is 22.8. The Morgan fingerprint density at radius 2 is 1.23 bits per heavy atom. The lowest BCUT2D eigenvalue weighted by Crippen LogP contribution is -2.52. The summed E-state index contributed by atoms with van der Waals surface area (Å²) in [5, 5.41) is 14.3.